The molecule has 0 aromatic heterocycles. The van der Waals surface area contributed by atoms with Crippen LogP contribution in [0, 0.1) is 0 Å². The Balaban J connectivity index is 3.20. The smallest absolute Gasteiger partial charge is 0.0868 e. The second-order valence-electron chi connectivity index (χ2n) is 4.37. The molecule has 0 saturated carbocycles. The first-order valence-electron chi connectivity index (χ1n) is 5.30. The van der Waals surface area contributed by atoms with Gasteiger partial charge in [-0.15, -0.1) is 0 Å². The summed E-state index contributed by atoms with van der Waals surface area (Å²) in [6.45, 7) is 8.21. The van der Waals surface area contributed by atoms with E-state index < -0.39 is 5.60 Å². The number of aliphatic hydroxyl groups is 1. The van der Waals surface area contributed by atoms with Gasteiger partial charge in [0, 0.05) is 0 Å². The average molecular weight is 192 g/mol. The molecule has 1 rings (SSSR count). The van der Waals surface area contributed by atoms with Crippen molar-refractivity contribution < 1.29 is 5.11 Å². The van der Waals surface area contributed by atoms with Gasteiger partial charge in [0.2, 0.25) is 0 Å². The van der Waals surface area contributed by atoms with E-state index >= 15 is 0 Å². The zero-order valence-electron chi connectivity index (χ0n) is 9.54. The minimum absolute atomic E-state index is 0.462. The number of benzene rings is 1. The van der Waals surface area contributed by atoms with Crippen LogP contribution in [-0.2, 0) is 5.60 Å². The molecular formula is C13H20O. The van der Waals surface area contributed by atoms with E-state index in [9.17, 15) is 5.11 Å². The van der Waals surface area contributed by atoms with Gasteiger partial charge >= 0.3 is 0 Å². The summed E-state index contributed by atoms with van der Waals surface area (Å²) in [5.41, 5.74) is 1.62. The van der Waals surface area contributed by atoms with Gasteiger partial charge in [0.25, 0.3) is 0 Å². The molecule has 0 aliphatic rings. The van der Waals surface area contributed by atoms with Crippen LogP contribution in [0.3, 0.4) is 0 Å². The SMILES string of the molecule is CC[C@](C)(O)c1ccccc1C(C)C. The molecule has 78 valence electrons. The first-order valence-corrected chi connectivity index (χ1v) is 5.30. The lowest BCUT2D eigenvalue weighted by molar-refractivity contribution is 0.0519. The molecule has 0 aliphatic carbocycles. The fourth-order valence-corrected chi connectivity index (χ4v) is 1.68. The number of hydrogen-bond acceptors (Lipinski definition) is 1. The first kappa shape index (κ1) is 11.3. The van der Waals surface area contributed by atoms with E-state index in [2.05, 4.69) is 19.9 Å². The largest absolute Gasteiger partial charge is 0.385 e. The van der Waals surface area contributed by atoms with E-state index in [4.69, 9.17) is 0 Å². The Labute approximate surface area is 86.8 Å². The van der Waals surface area contributed by atoms with Gasteiger partial charge in [-0.1, -0.05) is 45.0 Å². The zero-order valence-corrected chi connectivity index (χ0v) is 9.54. The highest BCUT2D eigenvalue weighted by molar-refractivity contribution is 5.33. The summed E-state index contributed by atoms with van der Waals surface area (Å²) in [6.07, 6.45) is 0.747. The molecule has 0 unspecified atom stereocenters. The maximum atomic E-state index is 10.2. The van der Waals surface area contributed by atoms with Crippen LogP contribution >= 0.6 is 0 Å². The van der Waals surface area contributed by atoms with Gasteiger partial charge in [-0.3, -0.25) is 0 Å². The minimum atomic E-state index is -0.694. The fraction of sp³-hybridized carbons (Fsp3) is 0.538. The van der Waals surface area contributed by atoms with Crippen molar-refractivity contribution in [3.8, 4) is 0 Å². The van der Waals surface area contributed by atoms with Crippen LogP contribution in [0.1, 0.15) is 51.2 Å². The number of hydrogen-bond donors (Lipinski definition) is 1. The van der Waals surface area contributed by atoms with E-state index in [0.717, 1.165) is 12.0 Å². The van der Waals surface area contributed by atoms with Crippen LogP contribution in [0.2, 0.25) is 0 Å². The Morgan fingerprint density at radius 1 is 1.29 bits per heavy atom. The van der Waals surface area contributed by atoms with E-state index in [1.54, 1.807) is 0 Å². The van der Waals surface area contributed by atoms with E-state index in [0.29, 0.717) is 5.92 Å². The molecule has 1 N–H and O–H groups in total. The van der Waals surface area contributed by atoms with Crippen molar-refractivity contribution in [2.45, 2.75) is 45.6 Å². The van der Waals surface area contributed by atoms with Crippen LogP contribution < -0.4 is 0 Å². The lowest BCUT2D eigenvalue weighted by Gasteiger charge is -2.26. The van der Waals surface area contributed by atoms with Crippen LogP contribution in [0.4, 0.5) is 0 Å². The van der Waals surface area contributed by atoms with E-state index in [-0.39, 0.29) is 0 Å². The summed E-state index contributed by atoms with van der Waals surface area (Å²) in [4.78, 5) is 0. The Morgan fingerprint density at radius 2 is 1.86 bits per heavy atom. The lowest BCUT2D eigenvalue weighted by atomic mass is 9.85. The van der Waals surface area contributed by atoms with Crippen molar-refractivity contribution in [1.29, 1.82) is 0 Å². The molecule has 1 aromatic rings. The van der Waals surface area contributed by atoms with Gasteiger partial charge in [0.15, 0.2) is 0 Å². The van der Waals surface area contributed by atoms with Crippen LogP contribution in [0.25, 0.3) is 0 Å². The average Bonchev–Trinajstić information content (AvgIpc) is 2.18. The lowest BCUT2D eigenvalue weighted by Crippen LogP contribution is -2.21. The molecule has 0 aliphatic heterocycles. The second-order valence-corrected chi connectivity index (χ2v) is 4.37. The standard InChI is InChI=1S/C13H20O/c1-5-13(4,14)12-9-7-6-8-11(12)10(2)3/h6-10,14H,5H2,1-4H3/t13-/m0/s1. The summed E-state index contributed by atoms with van der Waals surface area (Å²) in [5, 5.41) is 10.2. The molecule has 0 fully saturated rings. The van der Waals surface area contributed by atoms with Gasteiger partial charge in [0.05, 0.1) is 5.60 Å². The minimum Gasteiger partial charge on any atom is -0.385 e. The predicted molar refractivity (Wildman–Crippen MR) is 60.4 cm³/mol. The Hall–Kier alpha value is -0.820. The van der Waals surface area contributed by atoms with Crippen molar-refractivity contribution in [2.75, 3.05) is 0 Å². The topological polar surface area (TPSA) is 20.2 Å². The normalized spacial score (nSPS) is 15.6. The molecule has 0 bridgehead atoms. The van der Waals surface area contributed by atoms with Crippen molar-refractivity contribution in [1.82, 2.24) is 0 Å². The van der Waals surface area contributed by atoms with E-state index in [1.165, 1.54) is 5.56 Å². The quantitative estimate of drug-likeness (QED) is 0.778. The summed E-state index contributed by atoms with van der Waals surface area (Å²) in [5.74, 6) is 0.462. The highest BCUT2D eigenvalue weighted by Gasteiger charge is 2.23. The monoisotopic (exact) mass is 192 g/mol. The summed E-state index contributed by atoms with van der Waals surface area (Å²) < 4.78 is 0. The zero-order chi connectivity index (χ0) is 10.8. The van der Waals surface area contributed by atoms with Crippen molar-refractivity contribution in [3.63, 3.8) is 0 Å². The third kappa shape index (κ3) is 2.16. The van der Waals surface area contributed by atoms with E-state index in [1.807, 2.05) is 32.0 Å². The third-order valence-corrected chi connectivity index (χ3v) is 2.85. The molecule has 0 heterocycles. The highest BCUT2D eigenvalue weighted by Crippen LogP contribution is 2.30. The van der Waals surface area contributed by atoms with Crippen molar-refractivity contribution in [2.24, 2.45) is 0 Å². The Kier molecular flexibility index (Phi) is 3.33. The summed E-state index contributed by atoms with van der Waals surface area (Å²) in [7, 11) is 0. The van der Waals surface area contributed by atoms with Crippen LogP contribution in [-0.4, -0.2) is 5.11 Å². The maximum Gasteiger partial charge on any atom is 0.0868 e. The molecule has 1 nitrogen and oxygen atoms in total. The molecule has 1 heteroatoms. The molecule has 1 aromatic carbocycles. The van der Waals surface area contributed by atoms with Gasteiger partial charge in [0.1, 0.15) is 0 Å². The Bertz CT molecular complexity index is 300. The predicted octanol–water partition coefficient (Wildman–Crippen LogP) is 3.43. The van der Waals surface area contributed by atoms with Gasteiger partial charge in [-0.2, -0.15) is 0 Å². The van der Waals surface area contributed by atoms with Gasteiger partial charge in [-0.25, -0.2) is 0 Å². The Morgan fingerprint density at radius 3 is 2.36 bits per heavy atom. The molecule has 0 saturated heterocycles. The molecule has 14 heavy (non-hydrogen) atoms. The van der Waals surface area contributed by atoms with Gasteiger partial charge in [-0.05, 0) is 30.4 Å². The molecule has 0 radical (unpaired) electrons. The summed E-state index contributed by atoms with van der Waals surface area (Å²) >= 11 is 0. The molecule has 1 atom stereocenters. The molecule has 0 spiro atoms. The maximum absolute atomic E-state index is 10.2. The molecule has 0 amide bonds. The van der Waals surface area contributed by atoms with Gasteiger partial charge < -0.3 is 5.11 Å². The van der Waals surface area contributed by atoms with Crippen molar-refractivity contribution >= 4 is 0 Å². The third-order valence-electron chi connectivity index (χ3n) is 2.85. The van der Waals surface area contributed by atoms with Crippen LogP contribution in [0.15, 0.2) is 24.3 Å². The van der Waals surface area contributed by atoms with Crippen molar-refractivity contribution in [3.05, 3.63) is 35.4 Å². The highest BCUT2D eigenvalue weighted by atomic mass is 16.3. The molecular weight excluding hydrogens is 172 g/mol. The fourth-order valence-electron chi connectivity index (χ4n) is 1.68. The van der Waals surface area contributed by atoms with Crippen LogP contribution in [0.5, 0.6) is 0 Å². The number of rotatable bonds is 3. The first-order chi connectivity index (χ1) is 6.49. The summed E-state index contributed by atoms with van der Waals surface area (Å²) in [6, 6.07) is 8.15. The second kappa shape index (κ2) is 4.14.